The first-order valence-corrected chi connectivity index (χ1v) is 14.5. The summed E-state index contributed by atoms with van der Waals surface area (Å²) in [4.78, 5) is 13.8. The monoisotopic (exact) mass is 439 g/mol. The Kier molecular flexibility index (Phi) is 6.95. The molecule has 3 nitrogen and oxygen atoms in total. The van der Waals surface area contributed by atoms with Crippen molar-refractivity contribution in [1.82, 2.24) is 0 Å². The molecule has 3 rings (SSSR count). The third kappa shape index (κ3) is 4.29. The van der Waals surface area contributed by atoms with Crippen LogP contribution in [-0.4, -0.2) is 7.22 Å². The average molecular weight is 440 g/mol. The van der Waals surface area contributed by atoms with Crippen LogP contribution < -0.4 is 11.4 Å². The highest BCUT2D eigenvalue weighted by Crippen LogP contribution is 2.52. The molecule has 2 N–H and O–H groups in total. The van der Waals surface area contributed by atoms with Crippen LogP contribution in [0.3, 0.4) is 0 Å². The molecule has 160 valence electrons. The van der Waals surface area contributed by atoms with E-state index in [1.165, 1.54) is 4.90 Å². The van der Waals surface area contributed by atoms with E-state index in [9.17, 15) is 4.79 Å². The van der Waals surface area contributed by atoms with Gasteiger partial charge in [-0.15, -0.1) is 0 Å². The minimum absolute atomic E-state index is 0.366. The Bertz CT molecular complexity index is 1040. The van der Waals surface area contributed by atoms with Crippen molar-refractivity contribution in [2.75, 3.05) is 0 Å². The number of nitrogens with two attached hydrogens (primary N) is 1. The van der Waals surface area contributed by atoms with Gasteiger partial charge in [-0.1, -0.05) is 71.9 Å². The molecule has 1 aromatic heterocycles. The van der Waals surface area contributed by atoms with Gasteiger partial charge in [0.25, 0.3) is 0 Å². The lowest BCUT2D eigenvalue weighted by atomic mass is 10.0. The van der Waals surface area contributed by atoms with Crippen LogP contribution in [0, 0.1) is 0 Å². The summed E-state index contributed by atoms with van der Waals surface area (Å²) in [6.45, 7) is 14.2. The molecule has 0 radical (unpaired) electrons. The van der Waals surface area contributed by atoms with E-state index >= 15 is 0 Å². The Morgan fingerprint density at radius 2 is 1.47 bits per heavy atom. The van der Waals surface area contributed by atoms with Crippen LogP contribution in [0.4, 0.5) is 0 Å². The third-order valence-corrected chi connectivity index (χ3v) is 18.5. The van der Waals surface area contributed by atoms with E-state index in [-0.39, 0.29) is 5.63 Å². The van der Waals surface area contributed by atoms with E-state index in [0.29, 0.717) is 27.8 Å². The molecular weight excluding hydrogens is 406 g/mol. The van der Waals surface area contributed by atoms with Crippen molar-refractivity contribution in [2.24, 2.45) is 5.73 Å². The second-order valence-corrected chi connectivity index (χ2v) is 17.6. The Labute approximate surface area is 184 Å². The summed E-state index contributed by atoms with van der Waals surface area (Å²) < 4.78 is 5.63. The van der Waals surface area contributed by atoms with Crippen molar-refractivity contribution in [1.29, 1.82) is 0 Å². The van der Waals surface area contributed by atoms with Gasteiger partial charge in [0.15, 0.2) is 0 Å². The van der Waals surface area contributed by atoms with Crippen molar-refractivity contribution in [2.45, 2.75) is 69.1 Å². The Morgan fingerprint density at radius 3 is 2.03 bits per heavy atom. The van der Waals surface area contributed by atoms with Crippen LogP contribution in [0.2, 0.25) is 16.6 Å². The number of benzene rings is 2. The largest absolute Gasteiger partial charge is 0.422 e. The number of fused-ring (bicyclic) bond motifs is 1. The number of rotatable bonds is 7. The highest BCUT2D eigenvalue weighted by atomic mass is 32.4. The minimum Gasteiger partial charge on any atom is -0.422 e. The molecule has 0 fully saturated rings. The molecule has 0 saturated carbocycles. The molecule has 2 aromatic carbocycles. The van der Waals surface area contributed by atoms with Crippen molar-refractivity contribution < 1.29 is 4.42 Å². The summed E-state index contributed by atoms with van der Waals surface area (Å²) in [5.41, 5.74) is 10.0. The first-order valence-electron chi connectivity index (χ1n) is 10.7. The van der Waals surface area contributed by atoms with Crippen LogP contribution in [0.15, 0.2) is 68.7 Å². The van der Waals surface area contributed by atoms with E-state index in [1.807, 2.05) is 42.5 Å². The second-order valence-electron chi connectivity index (χ2n) is 9.00. The molecule has 3 aromatic rings. The summed E-state index contributed by atoms with van der Waals surface area (Å²) in [7, 11) is -1.66. The summed E-state index contributed by atoms with van der Waals surface area (Å²) in [5.74, 6) is 0. The standard InChI is InChI=1S/C25H33NO2SSi/c1-16(2)30(17(3)4,18(5)6)29-21-12-13-23-20(14-21)15-22(25(27)28-23)24(26)19-10-8-7-9-11-19/h7-18,24H,26H2,1-6H3. The molecule has 5 heteroatoms. The van der Waals surface area contributed by atoms with Gasteiger partial charge < -0.3 is 10.2 Å². The maximum absolute atomic E-state index is 12.6. The van der Waals surface area contributed by atoms with Gasteiger partial charge in [0.2, 0.25) is 0 Å². The Hall–Kier alpha value is -1.82. The van der Waals surface area contributed by atoms with Gasteiger partial charge in [-0.25, -0.2) is 4.79 Å². The van der Waals surface area contributed by atoms with Gasteiger partial charge in [-0.3, -0.25) is 0 Å². The molecule has 0 aliphatic heterocycles. The van der Waals surface area contributed by atoms with Crippen LogP contribution in [0.1, 0.15) is 58.7 Å². The van der Waals surface area contributed by atoms with E-state index in [4.69, 9.17) is 10.2 Å². The maximum Gasteiger partial charge on any atom is 0.341 e. The fourth-order valence-electron chi connectivity index (χ4n) is 4.80. The normalized spacial score (nSPS) is 13.5. The fraction of sp³-hybridized carbons (Fsp3) is 0.400. The lowest BCUT2D eigenvalue weighted by Crippen LogP contribution is -2.40. The SMILES string of the molecule is CC(C)[Si](Sc1ccc2oc(=O)c(C(N)c3ccccc3)cc2c1)(C(C)C)C(C)C. The fourth-order valence-corrected chi connectivity index (χ4v) is 14.0. The van der Waals surface area contributed by atoms with Gasteiger partial charge in [0.1, 0.15) is 12.8 Å². The Balaban J connectivity index is 2.05. The van der Waals surface area contributed by atoms with Crippen molar-refractivity contribution in [3.8, 4) is 0 Å². The zero-order chi connectivity index (χ0) is 22.1. The molecule has 0 aliphatic carbocycles. The molecule has 30 heavy (non-hydrogen) atoms. The summed E-state index contributed by atoms with van der Waals surface area (Å²) in [6.07, 6.45) is 0. The van der Waals surface area contributed by atoms with Crippen LogP contribution in [0.25, 0.3) is 11.0 Å². The molecule has 1 heterocycles. The molecule has 0 bridgehead atoms. The van der Waals surface area contributed by atoms with Crippen LogP contribution in [-0.2, 0) is 0 Å². The zero-order valence-electron chi connectivity index (χ0n) is 18.8. The van der Waals surface area contributed by atoms with Gasteiger partial charge in [-0.2, -0.15) is 11.2 Å². The van der Waals surface area contributed by atoms with Crippen molar-refractivity contribution >= 4 is 29.4 Å². The van der Waals surface area contributed by atoms with E-state index in [0.717, 1.165) is 10.9 Å². The lowest BCUT2D eigenvalue weighted by Gasteiger charge is -2.42. The van der Waals surface area contributed by atoms with E-state index < -0.39 is 13.3 Å². The average Bonchev–Trinajstić information content (AvgIpc) is 2.71. The molecule has 0 saturated heterocycles. The predicted molar refractivity (Wildman–Crippen MR) is 132 cm³/mol. The van der Waals surface area contributed by atoms with Crippen molar-refractivity contribution in [3.05, 3.63) is 76.1 Å². The summed E-state index contributed by atoms with van der Waals surface area (Å²) in [5, 5.41) is 0.931. The molecule has 1 atom stereocenters. The first kappa shape index (κ1) is 22.9. The third-order valence-electron chi connectivity index (χ3n) is 6.23. The summed E-state index contributed by atoms with van der Waals surface area (Å²) in [6, 6.07) is 17.3. The molecule has 0 amide bonds. The van der Waals surface area contributed by atoms with Crippen LogP contribution >= 0.6 is 11.2 Å². The second kappa shape index (κ2) is 9.12. The van der Waals surface area contributed by atoms with Gasteiger partial charge in [-0.05, 0) is 46.5 Å². The predicted octanol–water partition coefficient (Wildman–Crippen LogP) is 7.11. The Morgan fingerprint density at radius 1 is 0.867 bits per heavy atom. The van der Waals surface area contributed by atoms with Crippen molar-refractivity contribution in [3.63, 3.8) is 0 Å². The lowest BCUT2D eigenvalue weighted by molar-refractivity contribution is 0.544. The molecule has 1 unspecified atom stereocenters. The zero-order valence-corrected chi connectivity index (χ0v) is 20.6. The summed E-state index contributed by atoms with van der Waals surface area (Å²) >= 11 is 2.08. The number of hydrogen-bond acceptors (Lipinski definition) is 4. The minimum atomic E-state index is -1.66. The molecular formula is C25H33NO2SSi. The highest BCUT2D eigenvalue weighted by Gasteiger charge is 2.44. The first-order chi connectivity index (χ1) is 14.2. The molecule has 0 aliphatic rings. The maximum atomic E-state index is 12.6. The van der Waals surface area contributed by atoms with Gasteiger partial charge >= 0.3 is 5.63 Å². The van der Waals surface area contributed by atoms with Crippen LogP contribution in [0.5, 0.6) is 0 Å². The van der Waals surface area contributed by atoms with E-state index in [2.05, 4.69) is 64.9 Å². The van der Waals surface area contributed by atoms with E-state index in [1.54, 1.807) is 0 Å². The highest BCUT2D eigenvalue weighted by molar-refractivity contribution is 8.29. The number of hydrogen-bond donors (Lipinski definition) is 1. The molecule has 0 spiro atoms. The van der Waals surface area contributed by atoms with Gasteiger partial charge in [0.05, 0.1) is 11.6 Å². The van der Waals surface area contributed by atoms with Gasteiger partial charge in [0, 0.05) is 10.3 Å². The smallest absolute Gasteiger partial charge is 0.341 e. The topological polar surface area (TPSA) is 56.2 Å². The quantitative estimate of drug-likeness (QED) is 0.315.